The first-order chi connectivity index (χ1) is 17.4. The second-order valence-electron chi connectivity index (χ2n) is 8.92. The fourth-order valence-corrected chi connectivity index (χ4v) is 4.89. The number of hydrogen-bond donors (Lipinski definition) is 1. The van der Waals surface area contributed by atoms with E-state index in [4.69, 9.17) is 21.1 Å². The molecule has 0 bridgehead atoms. The molecule has 36 heavy (non-hydrogen) atoms. The summed E-state index contributed by atoms with van der Waals surface area (Å²) in [5.41, 5.74) is 2.80. The van der Waals surface area contributed by atoms with Crippen LogP contribution in [0.4, 0.5) is 5.82 Å². The van der Waals surface area contributed by atoms with Gasteiger partial charge in [-0.25, -0.2) is 9.97 Å². The minimum atomic E-state index is -0.281. The highest BCUT2D eigenvalue weighted by Crippen LogP contribution is 2.28. The standard InChI is InChI=1S/C25H27ClN6O4/c1-31(25(34)19-3-5-20-24(28-19)29-21(33)14-36-20)15-7-10-32(11-8-15)12-9-16-17(26)13-27-18-4-6-22(35-2)30-23(16)18/h3-6,13,15H,7-12,14H2,1-2H3,(H,28,29,33). The number of ether oxygens (including phenoxy) is 2. The summed E-state index contributed by atoms with van der Waals surface area (Å²) < 4.78 is 10.6. The number of rotatable bonds is 6. The van der Waals surface area contributed by atoms with Crippen molar-refractivity contribution in [3.05, 3.63) is 46.7 Å². The maximum absolute atomic E-state index is 13.1. The molecule has 5 rings (SSSR count). The molecular weight excluding hydrogens is 484 g/mol. The summed E-state index contributed by atoms with van der Waals surface area (Å²) in [6.07, 6.45) is 4.12. The number of hydrogen-bond acceptors (Lipinski definition) is 8. The number of carbonyl (C=O) groups is 2. The molecule has 188 valence electrons. The highest BCUT2D eigenvalue weighted by molar-refractivity contribution is 6.32. The lowest BCUT2D eigenvalue weighted by Crippen LogP contribution is -2.46. The molecular formula is C25H27ClN6O4. The third-order valence-corrected chi connectivity index (χ3v) is 7.07. The molecule has 2 aliphatic rings. The Hall–Kier alpha value is -3.50. The van der Waals surface area contributed by atoms with Gasteiger partial charge in [0.15, 0.2) is 18.2 Å². The summed E-state index contributed by atoms with van der Waals surface area (Å²) in [5, 5.41) is 3.25. The Labute approximate surface area is 213 Å². The largest absolute Gasteiger partial charge is 0.481 e. The van der Waals surface area contributed by atoms with Crippen LogP contribution in [0.1, 0.15) is 28.9 Å². The van der Waals surface area contributed by atoms with E-state index >= 15 is 0 Å². The van der Waals surface area contributed by atoms with Crippen LogP contribution in [0.3, 0.4) is 0 Å². The van der Waals surface area contributed by atoms with Crippen LogP contribution in [-0.2, 0) is 11.2 Å². The van der Waals surface area contributed by atoms with E-state index in [1.54, 1.807) is 43.5 Å². The van der Waals surface area contributed by atoms with Crippen molar-refractivity contribution in [1.82, 2.24) is 24.8 Å². The topological polar surface area (TPSA) is 110 Å². The molecule has 3 aromatic rings. The van der Waals surface area contributed by atoms with Crippen molar-refractivity contribution in [2.24, 2.45) is 0 Å². The summed E-state index contributed by atoms with van der Waals surface area (Å²) in [5.74, 6) is 0.833. The molecule has 0 atom stereocenters. The Balaban J connectivity index is 1.19. The van der Waals surface area contributed by atoms with E-state index in [1.165, 1.54) is 0 Å². The van der Waals surface area contributed by atoms with Crippen LogP contribution in [0.15, 0.2) is 30.5 Å². The van der Waals surface area contributed by atoms with Crippen molar-refractivity contribution in [3.63, 3.8) is 0 Å². The molecule has 5 heterocycles. The minimum absolute atomic E-state index is 0.0469. The molecule has 1 saturated heterocycles. The Kier molecular flexibility index (Phi) is 6.88. The van der Waals surface area contributed by atoms with Gasteiger partial charge in [0, 0.05) is 50.6 Å². The van der Waals surface area contributed by atoms with Crippen molar-refractivity contribution in [3.8, 4) is 11.6 Å². The van der Waals surface area contributed by atoms with Gasteiger partial charge in [0.25, 0.3) is 11.8 Å². The van der Waals surface area contributed by atoms with Crippen LogP contribution in [-0.4, -0.2) is 83.0 Å². The number of halogens is 1. The zero-order chi connectivity index (χ0) is 25.2. The number of nitrogens with zero attached hydrogens (tertiary/aromatic N) is 5. The lowest BCUT2D eigenvalue weighted by Gasteiger charge is -2.36. The molecule has 0 unspecified atom stereocenters. The van der Waals surface area contributed by atoms with Crippen LogP contribution in [0.2, 0.25) is 5.02 Å². The van der Waals surface area contributed by atoms with Gasteiger partial charge in [0.1, 0.15) is 5.69 Å². The predicted molar refractivity (Wildman–Crippen MR) is 135 cm³/mol. The number of carbonyl (C=O) groups excluding carboxylic acids is 2. The Morgan fingerprint density at radius 1 is 1.25 bits per heavy atom. The lowest BCUT2D eigenvalue weighted by atomic mass is 10.0. The third-order valence-electron chi connectivity index (χ3n) is 6.75. The molecule has 1 N–H and O–H groups in total. The SMILES string of the molecule is COc1ccc2ncc(Cl)c(CCN3CCC(N(C)C(=O)c4ccc5c(n4)NC(=O)CO5)CC3)c2n1. The minimum Gasteiger partial charge on any atom is -0.481 e. The summed E-state index contributed by atoms with van der Waals surface area (Å²) >= 11 is 6.48. The van der Waals surface area contributed by atoms with E-state index in [1.807, 2.05) is 6.07 Å². The zero-order valence-corrected chi connectivity index (χ0v) is 20.9. The van der Waals surface area contributed by atoms with E-state index < -0.39 is 0 Å². The number of anilines is 1. The number of aromatic nitrogens is 3. The lowest BCUT2D eigenvalue weighted by molar-refractivity contribution is -0.118. The number of fused-ring (bicyclic) bond motifs is 2. The van der Waals surface area contributed by atoms with Crippen molar-refractivity contribution < 1.29 is 19.1 Å². The molecule has 2 amide bonds. The summed E-state index contributed by atoms with van der Waals surface area (Å²) in [6.45, 7) is 2.51. The van der Waals surface area contributed by atoms with Crippen LogP contribution in [0.25, 0.3) is 11.0 Å². The molecule has 0 radical (unpaired) electrons. The fourth-order valence-electron chi connectivity index (χ4n) is 4.66. The normalized spacial score (nSPS) is 16.2. The molecule has 0 spiro atoms. The molecule has 11 heteroatoms. The van der Waals surface area contributed by atoms with Crippen LogP contribution >= 0.6 is 11.6 Å². The van der Waals surface area contributed by atoms with Gasteiger partial charge in [0.05, 0.1) is 23.2 Å². The van der Waals surface area contributed by atoms with Gasteiger partial charge in [-0.15, -0.1) is 0 Å². The first kappa shape index (κ1) is 24.2. The molecule has 3 aromatic heterocycles. The van der Waals surface area contributed by atoms with Gasteiger partial charge in [-0.05, 0) is 37.5 Å². The molecule has 10 nitrogen and oxygen atoms in total. The van der Waals surface area contributed by atoms with Gasteiger partial charge in [-0.1, -0.05) is 11.6 Å². The Bertz CT molecular complexity index is 1310. The van der Waals surface area contributed by atoms with Crippen LogP contribution in [0, 0.1) is 0 Å². The van der Waals surface area contributed by atoms with Gasteiger partial charge in [-0.2, -0.15) is 0 Å². The summed E-state index contributed by atoms with van der Waals surface area (Å²) in [6, 6.07) is 7.09. The molecule has 0 aliphatic carbocycles. The average Bonchev–Trinajstić information content (AvgIpc) is 2.91. The van der Waals surface area contributed by atoms with E-state index in [0.717, 1.165) is 55.5 Å². The van der Waals surface area contributed by atoms with Gasteiger partial charge in [-0.3, -0.25) is 14.6 Å². The van der Waals surface area contributed by atoms with Crippen molar-refractivity contribution in [2.75, 3.05) is 45.7 Å². The van der Waals surface area contributed by atoms with Gasteiger partial charge in [0.2, 0.25) is 5.88 Å². The quantitative estimate of drug-likeness (QED) is 0.539. The first-order valence-electron chi connectivity index (χ1n) is 11.8. The van der Waals surface area contributed by atoms with E-state index in [9.17, 15) is 9.59 Å². The summed E-state index contributed by atoms with van der Waals surface area (Å²) in [7, 11) is 3.40. The molecule has 0 saturated carbocycles. The smallest absolute Gasteiger partial charge is 0.272 e. The predicted octanol–water partition coefficient (Wildman–Crippen LogP) is 2.80. The van der Waals surface area contributed by atoms with Crippen molar-refractivity contribution in [1.29, 1.82) is 0 Å². The molecule has 2 aliphatic heterocycles. The van der Waals surface area contributed by atoms with Crippen LogP contribution < -0.4 is 14.8 Å². The van der Waals surface area contributed by atoms with E-state index in [2.05, 4.69) is 25.2 Å². The maximum atomic E-state index is 13.1. The number of methoxy groups -OCH3 is 1. The highest BCUT2D eigenvalue weighted by Gasteiger charge is 2.28. The third kappa shape index (κ3) is 4.91. The van der Waals surface area contributed by atoms with Crippen molar-refractivity contribution in [2.45, 2.75) is 25.3 Å². The number of piperidine rings is 1. The number of nitrogens with one attached hydrogen (secondary N) is 1. The van der Waals surface area contributed by atoms with Gasteiger partial charge >= 0.3 is 0 Å². The van der Waals surface area contributed by atoms with Crippen molar-refractivity contribution >= 4 is 40.3 Å². The average molecular weight is 511 g/mol. The first-order valence-corrected chi connectivity index (χ1v) is 12.2. The summed E-state index contributed by atoms with van der Waals surface area (Å²) in [4.78, 5) is 42.0. The Morgan fingerprint density at radius 3 is 2.83 bits per heavy atom. The highest BCUT2D eigenvalue weighted by atomic mass is 35.5. The number of likely N-dealkylation sites (tertiary alicyclic amines) is 1. The maximum Gasteiger partial charge on any atom is 0.272 e. The monoisotopic (exact) mass is 510 g/mol. The molecule has 1 fully saturated rings. The second kappa shape index (κ2) is 10.2. The van der Waals surface area contributed by atoms with E-state index in [0.29, 0.717) is 16.7 Å². The zero-order valence-electron chi connectivity index (χ0n) is 20.2. The van der Waals surface area contributed by atoms with Gasteiger partial charge < -0.3 is 24.6 Å². The fraction of sp³-hybridized carbons (Fsp3) is 0.400. The van der Waals surface area contributed by atoms with E-state index in [-0.39, 0.29) is 36.0 Å². The Morgan fingerprint density at radius 2 is 2.06 bits per heavy atom. The number of amides is 2. The van der Waals surface area contributed by atoms with Crippen LogP contribution in [0.5, 0.6) is 11.6 Å². The second-order valence-corrected chi connectivity index (χ2v) is 9.33. The molecule has 0 aromatic carbocycles. The number of pyridine rings is 3.